The highest BCUT2D eigenvalue weighted by molar-refractivity contribution is 5.94. The lowest BCUT2D eigenvalue weighted by Crippen LogP contribution is -2.10. The molecule has 1 aromatic carbocycles. The fourth-order valence-electron chi connectivity index (χ4n) is 1.84. The summed E-state index contributed by atoms with van der Waals surface area (Å²) >= 11 is 0. The van der Waals surface area contributed by atoms with Crippen LogP contribution in [0.2, 0.25) is 0 Å². The summed E-state index contributed by atoms with van der Waals surface area (Å²) in [5.74, 6) is 0.136. The SMILES string of the molecule is CCOC(=O)c1cc(OC(C)C)c2cc(O)ccc2n1. The summed E-state index contributed by atoms with van der Waals surface area (Å²) in [4.78, 5) is 16.0. The molecule has 0 atom stereocenters. The van der Waals surface area contributed by atoms with Crippen LogP contribution in [0.3, 0.4) is 0 Å². The zero-order valence-corrected chi connectivity index (χ0v) is 11.7. The fourth-order valence-corrected chi connectivity index (χ4v) is 1.84. The van der Waals surface area contributed by atoms with Crippen molar-refractivity contribution < 1.29 is 19.4 Å². The van der Waals surface area contributed by atoms with Gasteiger partial charge in [-0.3, -0.25) is 0 Å². The Morgan fingerprint density at radius 2 is 2.10 bits per heavy atom. The summed E-state index contributed by atoms with van der Waals surface area (Å²) in [7, 11) is 0. The van der Waals surface area contributed by atoms with Crippen LogP contribution in [0.4, 0.5) is 0 Å². The summed E-state index contributed by atoms with van der Waals surface area (Å²) in [5.41, 5.74) is 0.768. The largest absolute Gasteiger partial charge is 0.508 e. The molecule has 1 heterocycles. The van der Waals surface area contributed by atoms with Crippen LogP contribution in [0, 0.1) is 0 Å². The maximum Gasteiger partial charge on any atom is 0.357 e. The number of ether oxygens (including phenoxy) is 2. The maximum atomic E-state index is 11.8. The summed E-state index contributed by atoms with van der Waals surface area (Å²) in [6.45, 7) is 5.80. The van der Waals surface area contributed by atoms with E-state index >= 15 is 0 Å². The number of hydrogen-bond donors (Lipinski definition) is 1. The first-order valence-electron chi connectivity index (χ1n) is 6.48. The number of aromatic nitrogens is 1. The highest BCUT2D eigenvalue weighted by Gasteiger charge is 2.15. The van der Waals surface area contributed by atoms with Crippen molar-refractivity contribution in [1.29, 1.82) is 0 Å². The number of fused-ring (bicyclic) bond motifs is 1. The quantitative estimate of drug-likeness (QED) is 0.869. The third-order valence-corrected chi connectivity index (χ3v) is 2.60. The smallest absolute Gasteiger partial charge is 0.357 e. The molecule has 0 saturated heterocycles. The molecule has 0 unspecified atom stereocenters. The summed E-state index contributed by atoms with van der Waals surface area (Å²) in [6, 6.07) is 6.26. The van der Waals surface area contributed by atoms with Crippen molar-refractivity contribution in [3.63, 3.8) is 0 Å². The van der Waals surface area contributed by atoms with Gasteiger partial charge in [-0.25, -0.2) is 9.78 Å². The molecule has 2 aromatic rings. The standard InChI is InChI=1S/C15H17NO4/c1-4-19-15(18)13-8-14(20-9(2)3)11-7-10(17)5-6-12(11)16-13/h5-9,17H,4H2,1-3H3. The van der Waals surface area contributed by atoms with Gasteiger partial charge in [0.15, 0.2) is 5.69 Å². The zero-order valence-electron chi connectivity index (χ0n) is 11.7. The number of pyridine rings is 1. The van der Waals surface area contributed by atoms with Crippen molar-refractivity contribution in [1.82, 2.24) is 4.98 Å². The molecule has 0 bridgehead atoms. The summed E-state index contributed by atoms with van der Waals surface area (Å²) in [5, 5.41) is 10.2. The molecular weight excluding hydrogens is 258 g/mol. The number of hydrogen-bond acceptors (Lipinski definition) is 5. The Morgan fingerprint density at radius 1 is 1.35 bits per heavy atom. The third kappa shape index (κ3) is 2.99. The van der Waals surface area contributed by atoms with Gasteiger partial charge < -0.3 is 14.6 Å². The van der Waals surface area contributed by atoms with Crippen molar-refractivity contribution in [3.8, 4) is 11.5 Å². The van der Waals surface area contributed by atoms with Crippen LogP contribution in [-0.4, -0.2) is 28.8 Å². The first-order valence-corrected chi connectivity index (χ1v) is 6.48. The van der Waals surface area contributed by atoms with Crippen LogP contribution in [0.25, 0.3) is 10.9 Å². The molecule has 0 spiro atoms. The van der Waals surface area contributed by atoms with Crippen molar-refractivity contribution in [2.45, 2.75) is 26.9 Å². The van der Waals surface area contributed by atoms with E-state index in [0.717, 1.165) is 0 Å². The monoisotopic (exact) mass is 275 g/mol. The summed E-state index contributed by atoms with van der Waals surface area (Å²) in [6.07, 6.45) is -0.0574. The van der Waals surface area contributed by atoms with Gasteiger partial charge in [-0.15, -0.1) is 0 Å². The van der Waals surface area contributed by atoms with E-state index in [2.05, 4.69) is 4.98 Å². The van der Waals surface area contributed by atoms with Gasteiger partial charge in [0.1, 0.15) is 11.5 Å². The molecule has 0 amide bonds. The number of phenolic OH excluding ortho intramolecular Hbond substituents is 1. The molecule has 0 saturated carbocycles. The average molecular weight is 275 g/mol. The van der Waals surface area contributed by atoms with Crippen LogP contribution in [0.5, 0.6) is 11.5 Å². The molecule has 1 aromatic heterocycles. The van der Waals surface area contributed by atoms with Gasteiger partial charge in [-0.05, 0) is 39.0 Å². The van der Waals surface area contributed by atoms with Crippen molar-refractivity contribution in [2.75, 3.05) is 6.61 Å². The van der Waals surface area contributed by atoms with E-state index in [1.54, 1.807) is 25.1 Å². The number of nitrogens with zero attached hydrogens (tertiary/aromatic N) is 1. The van der Waals surface area contributed by atoms with Crippen molar-refractivity contribution >= 4 is 16.9 Å². The Kier molecular flexibility index (Phi) is 4.08. The second-order valence-corrected chi connectivity index (χ2v) is 4.59. The van der Waals surface area contributed by atoms with Gasteiger partial charge in [-0.1, -0.05) is 0 Å². The number of phenols is 1. The highest BCUT2D eigenvalue weighted by Crippen LogP contribution is 2.29. The van der Waals surface area contributed by atoms with Crippen LogP contribution < -0.4 is 4.74 Å². The number of aromatic hydroxyl groups is 1. The minimum absolute atomic E-state index is 0.0574. The zero-order chi connectivity index (χ0) is 14.7. The topological polar surface area (TPSA) is 68.7 Å². The van der Waals surface area contributed by atoms with Crippen molar-refractivity contribution in [2.24, 2.45) is 0 Å². The predicted octanol–water partition coefficient (Wildman–Crippen LogP) is 2.90. The normalized spacial score (nSPS) is 10.8. The first kappa shape index (κ1) is 14.1. The van der Waals surface area contributed by atoms with E-state index in [1.165, 1.54) is 6.07 Å². The van der Waals surface area contributed by atoms with E-state index in [1.807, 2.05) is 13.8 Å². The van der Waals surface area contributed by atoms with Gasteiger partial charge in [0.2, 0.25) is 0 Å². The average Bonchev–Trinajstić information content (AvgIpc) is 2.38. The van der Waals surface area contributed by atoms with E-state index in [-0.39, 0.29) is 24.2 Å². The third-order valence-electron chi connectivity index (χ3n) is 2.60. The molecule has 0 fully saturated rings. The Hall–Kier alpha value is -2.30. The Bertz CT molecular complexity index is 637. The minimum atomic E-state index is -0.490. The number of rotatable bonds is 4. The Labute approximate surface area is 117 Å². The molecule has 0 aliphatic rings. The molecule has 20 heavy (non-hydrogen) atoms. The molecule has 2 rings (SSSR count). The van der Waals surface area contributed by atoms with E-state index in [0.29, 0.717) is 16.7 Å². The molecule has 1 N–H and O–H groups in total. The number of carbonyl (C=O) groups is 1. The minimum Gasteiger partial charge on any atom is -0.508 e. The number of carbonyl (C=O) groups excluding carboxylic acids is 1. The van der Waals surface area contributed by atoms with E-state index in [9.17, 15) is 9.90 Å². The molecule has 0 aliphatic heterocycles. The second-order valence-electron chi connectivity index (χ2n) is 4.59. The highest BCUT2D eigenvalue weighted by atomic mass is 16.5. The molecule has 0 aliphatic carbocycles. The van der Waals surface area contributed by atoms with Crippen LogP contribution in [0.15, 0.2) is 24.3 Å². The fraction of sp³-hybridized carbons (Fsp3) is 0.333. The first-order chi connectivity index (χ1) is 9.51. The Morgan fingerprint density at radius 3 is 2.75 bits per heavy atom. The second kappa shape index (κ2) is 5.77. The molecule has 5 nitrogen and oxygen atoms in total. The summed E-state index contributed by atoms with van der Waals surface area (Å²) < 4.78 is 10.6. The van der Waals surface area contributed by atoms with Crippen LogP contribution in [0.1, 0.15) is 31.3 Å². The van der Waals surface area contributed by atoms with Crippen molar-refractivity contribution in [3.05, 3.63) is 30.0 Å². The molecular formula is C15H17NO4. The van der Waals surface area contributed by atoms with Gasteiger partial charge in [0.25, 0.3) is 0 Å². The van der Waals surface area contributed by atoms with Crippen LogP contribution in [-0.2, 0) is 4.74 Å². The lowest BCUT2D eigenvalue weighted by atomic mass is 10.1. The number of esters is 1. The van der Waals surface area contributed by atoms with Gasteiger partial charge in [0, 0.05) is 11.5 Å². The van der Waals surface area contributed by atoms with Gasteiger partial charge in [-0.2, -0.15) is 0 Å². The predicted molar refractivity (Wildman–Crippen MR) is 75.1 cm³/mol. The molecule has 106 valence electrons. The van der Waals surface area contributed by atoms with E-state index < -0.39 is 5.97 Å². The molecule has 5 heteroatoms. The Balaban J connectivity index is 2.58. The lowest BCUT2D eigenvalue weighted by Gasteiger charge is -2.13. The maximum absolute atomic E-state index is 11.8. The van der Waals surface area contributed by atoms with Gasteiger partial charge in [0.05, 0.1) is 18.2 Å². The lowest BCUT2D eigenvalue weighted by molar-refractivity contribution is 0.0519. The molecule has 0 radical (unpaired) electrons. The van der Waals surface area contributed by atoms with Crippen LogP contribution >= 0.6 is 0 Å². The number of benzene rings is 1. The van der Waals surface area contributed by atoms with E-state index in [4.69, 9.17) is 9.47 Å². The van der Waals surface area contributed by atoms with Gasteiger partial charge >= 0.3 is 5.97 Å².